The van der Waals surface area contributed by atoms with E-state index in [0.29, 0.717) is 0 Å². The number of nitrogens with one attached hydrogen (secondary N) is 1. The lowest BCUT2D eigenvalue weighted by Gasteiger charge is -2.18. The van der Waals surface area contributed by atoms with Crippen LogP contribution in [0.2, 0.25) is 0 Å². The van der Waals surface area contributed by atoms with Crippen LogP contribution in [0, 0.1) is 0 Å². The number of aromatic amines is 1. The van der Waals surface area contributed by atoms with Gasteiger partial charge in [-0.2, -0.15) is 0 Å². The van der Waals surface area contributed by atoms with Crippen LogP contribution in [-0.2, 0) is 18.4 Å². The summed E-state index contributed by atoms with van der Waals surface area (Å²) < 4.78 is 32.2. The first-order chi connectivity index (χ1) is 10.9. The van der Waals surface area contributed by atoms with Crippen molar-refractivity contribution >= 4 is 14.6 Å². The molecule has 1 saturated heterocycles. The summed E-state index contributed by atoms with van der Waals surface area (Å²) in [4.78, 5) is 51.0. The molecule has 3 unspecified atom stereocenters. The van der Waals surface area contributed by atoms with Crippen LogP contribution in [0.25, 0.3) is 0 Å². The zero-order valence-corrected chi connectivity index (χ0v) is 13.5. The minimum Gasteiger partial charge on any atom is -0.387 e. The maximum absolute atomic E-state index is 11.7. The zero-order valence-electron chi connectivity index (χ0n) is 11.7. The van der Waals surface area contributed by atoms with Crippen molar-refractivity contribution in [1.82, 2.24) is 9.55 Å². The summed E-state index contributed by atoms with van der Waals surface area (Å²) in [7, 11) is -10.8. The van der Waals surface area contributed by atoms with Crippen LogP contribution < -0.4 is 11.2 Å². The van der Waals surface area contributed by atoms with E-state index in [1.165, 1.54) is 0 Å². The Bertz CT molecular complexity index is 812. The first-order valence-corrected chi connectivity index (χ1v) is 10.2. The predicted molar refractivity (Wildman–Crippen MR) is 75.1 cm³/mol. The quantitative estimate of drug-likeness (QED) is 0.289. The lowest BCUT2D eigenvalue weighted by molar-refractivity contribution is -0.0522. The van der Waals surface area contributed by atoms with Crippen molar-refractivity contribution < 1.29 is 43.3 Å². The largest absolute Gasteiger partial charge is 0.438 e. The molecule has 0 radical (unpaired) electrons. The van der Waals surface area contributed by atoms with E-state index >= 15 is 0 Å². The molecule has 13 nitrogen and oxygen atoms in total. The maximum atomic E-state index is 11.7. The van der Waals surface area contributed by atoms with E-state index < -0.39 is 57.0 Å². The summed E-state index contributed by atoms with van der Waals surface area (Å²) in [6.07, 6.45) is -5.28. The minimum atomic E-state index is -5.45. The highest BCUT2D eigenvalue weighted by atomic mass is 32.1. The second kappa shape index (κ2) is 6.64. The molecule has 1 aromatic rings. The lowest BCUT2D eigenvalue weighted by atomic mass is 10.1. The van der Waals surface area contributed by atoms with Gasteiger partial charge in [-0.05, 0) is 0 Å². The van der Waals surface area contributed by atoms with Crippen molar-refractivity contribution in [3.05, 3.63) is 33.1 Å². The van der Waals surface area contributed by atoms with E-state index in [4.69, 9.17) is 19.4 Å². The van der Waals surface area contributed by atoms with Crippen LogP contribution in [0.15, 0.2) is 21.9 Å². The average molecular weight is 388 g/mol. The Morgan fingerprint density at radius 2 is 1.83 bits per heavy atom. The van der Waals surface area contributed by atoms with Gasteiger partial charge in [0, 0.05) is 12.3 Å². The Balaban J connectivity index is 2.16. The molecule has 2 heterocycles. The van der Waals surface area contributed by atoms with Crippen molar-refractivity contribution in [3.8, 4) is 0 Å². The SMILES string of the molecule is O=c1ccn([C@@H]2O[C@H](COP(=O)(O)P(=O)(O)O)C(O)C2O)c(=O)[nH]1. The van der Waals surface area contributed by atoms with Gasteiger partial charge < -0.3 is 29.6 Å². The Labute approximate surface area is 132 Å². The fourth-order valence-corrected chi connectivity index (χ4v) is 3.11. The third-order valence-electron chi connectivity index (χ3n) is 3.20. The van der Waals surface area contributed by atoms with Gasteiger partial charge in [-0.1, -0.05) is 0 Å². The van der Waals surface area contributed by atoms with E-state index in [-0.39, 0.29) is 0 Å². The molecule has 0 spiro atoms. The van der Waals surface area contributed by atoms with Gasteiger partial charge in [0.15, 0.2) is 6.23 Å². The molecule has 0 amide bonds. The van der Waals surface area contributed by atoms with Crippen LogP contribution >= 0.6 is 14.6 Å². The summed E-state index contributed by atoms with van der Waals surface area (Å²) in [5.74, 6) is 0. The van der Waals surface area contributed by atoms with Crippen molar-refractivity contribution in [2.45, 2.75) is 24.5 Å². The molecule has 1 aliphatic heterocycles. The molecular formula is C9H14N2O11P2. The molecule has 0 saturated carbocycles. The second-order valence-electron chi connectivity index (χ2n) is 4.86. The molecule has 6 N–H and O–H groups in total. The molecule has 0 aliphatic carbocycles. The number of aliphatic hydroxyl groups excluding tert-OH is 2. The molecule has 2 rings (SSSR count). The molecule has 136 valence electrons. The predicted octanol–water partition coefficient (Wildman–Crippen LogP) is -2.55. The molecule has 0 aromatic carbocycles. The van der Waals surface area contributed by atoms with E-state index in [1.54, 1.807) is 0 Å². The van der Waals surface area contributed by atoms with Crippen LogP contribution in [0.5, 0.6) is 0 Å². The first kappa shape index (κ1) is 19.2. The number of ether oxygens (including phenoxy) is 1. The highest BCUT2D eigenvalue weighted by Gasteiger charge is 2.47. The lowest BCUT2D eigenvalue weighted by Crippen LogP contribution is -2.37. The number of rotatable bonds is 5. The smallest absolute Gasteiger partial charge is 0.387 e. The molecule has 24 heavy (non-hydrogen) atoms. The number of aliphatic hydroxyl groups is 2. The Hall–Kier alpha value is -1.14. The van der Waals surface area contributed by atoms with Crippen LogP contribution in [-0.4, -0.2) is 59.4 Å². The van der Waals surface area contributed by atoms with Crippen molar-refractivity contribution in [1.29, 1.82) is 0 Å². The van der Waals surface area contributed by atoms with E-state index in [9.17, 15) is 28.9 Å². The Morgan fingerprint density at radius 3 is 2.38 bits per heavy atom. The van der Waals surface area contributed by atoms with Gasteiger partial charge in [0.25, 0.3) is 5.56 Å². The number of hydrogen-bond acceptors (Lipinski definition) is 8. The van der Waals surface area contributed by atoms with Crippen molar-refractivity contribution in [2.75, 3.05) is 6.61 Å². The molecule has 1 aliphatic rings. The van der Waals surface area contributed by atoms with Gasteiger partial charge in [-0.15, -0.1) is 0 Å². The summed E-state index contributed by atoms with van der Waals surface area (Å²) >= 11 is 0. The molecular weight excluding hydrogens is 374 g/mol. The average Bonchev–Trinajstić information content (AvgIpc) is 2.72. The summed E-state index contributed by atoms with van der Waals surface area (Å²) in [5, 5.41) is 19.7. The van der Waals surface area contributed by atoms with Gasteiger partial charge in [0.05, 0.1) is 6.61 Å². The van der Waals surface area contributed by atoms with Gasteiger partial charge in [-0.25, -0.2) is 13.9 Å². The normalized spacial score (nSPS) is 30.2. The molecule has 15 heteroatoms. The van der Waals surface area contributed by atoms with Gasteiger partial charge in [0.2, 0.25) is 0 Å². The van der Waals surface area contributed by atoms with Crippen LogP contribution in [0.1, 0.15) is 6.23 Å². The first-order valence-electron chi connectivity index (χ1n) is 6.30. The van der Waals surface area contributed by atoms with Crippen LogP contribution in [0.3, 0.4) is 0 Å². The number of nitrogens with zero attached hydrogens (tertiary/aromatic N) is 1. The van der Waals surface area contributed by atoms with Crippen LogP contribution in [0.4, 0.5) is 0 Å². The zero-order chi connectivity index (χ0) is 18.3. The third kappa shape index (κ3) is 3.75. The highest BCUT2D eigenvalue weighted by Crippen LogP contribution is 2.74. The fraction of sp³-hybridized carbons (Fsp3) is 0.556. The van der Waals surface area contributed by atoms with Crippen molar-refractivity contribution in [3.63, 3.8) is 0 Å². The molecule has 0 bridgehead atoms. The maximum Gasteiger partial charge on any atom is 0.438 e. The highest BCUT2D eigenvalue weighted by molar-refractivity contribution is 8.26. The number of aromatic nitrogens is 2. The van der Waals surface area contributed by atoms with E-state index in [1.807, 2.05) is 4.98 Å². The Kier molecular flexibility index (Phi) is 5.31. The Morgan fingerprint density at radius 1 is 1.21 bits per heavy atom. The number of H-pyrrole nitrogens is 1. The summed E-state index contributed by atoms with van der Waals surface area (Å²) in [5.41, 5.74) is -1.64. The van der Waals surface area contributed by atoms with Gasteiger partial charge in [-0.3, -0.25) is 18.9 Å². The summed E-state index contributed by atoms with van der Waals surface area (Å²) in [6, 6.07) is 0.962. The van der Waals surface area contributed by atoms with Gasteiger partial charge in [0.1, 0.15) is 18.3 Å². The molecule has 5 atom stereocenters. The van der Waals surface area contributed by atoms with E-state index in [2.05, 4.69) is 4.52 Å². The number of hydrogen-bond donors (Lipinski definition) is 6. The van der Waals surface area contributed by atoms with Gasteiger partial charge >= 0.3 is 20.3 Å². The molecule has 1 aromatic heterocycles. The van der Waals surface area contributed by atoms with E-state index in [0.717, 1.165) is 16.8 Å². The monoisotopic (exact) mass is 388 g/mol. The standard InChI is InChI=1S/C9H14N2O11P2/c12-5-1-2-11(9(15)10-5)8-7(14)6(13)4(22-8)3-21-24(19,20)23(16,17)18/h1-2,4,6-8,13-14H,3H2,(H,19,20)(H,10,12,15)(H2,16,17,18)/t4-,6?,7?,8-/m1/s1. The molecule has 1 fully saturated rings. The second-order valence-corrected chi connectivity index (χ2v) is 10.2. The third-order valence-corrected chi connectivity index (χ3v) is 6.66. The fourth-order valence-electron chi connectivity index (χ4n) is 1.97. The van der Waals surface area contributed by atoms with Crippen molar-refractivity contribution in [2.24, 2.45) is 0 Å². The minimum absolute atomic E-state index is 0.702. The summed E-state index contributed by atoms with van der Waals surface area (Å²) in [6.45, 7) is -0.939. The topological polar surface area (TPSA) is 209 Å².